The molecule has 7 heteroatoms. The van der Waals surface area contributed by atoms with Crippen LogP contribution in [0.3, 0.4) is 0 Å². The number of alkyl halides is 2. The monoisotopic (exact) mass is 388 g/mol. The number of carbonyl (C=O) groups is 2. The molecule has 1 aromatic rings. The number of aliphatic carboxylic acids is 1. The number of hydrogen-bond donors (Lipinski definition) is 3. The highest BCUT2D eigenvalue weighted by Gasteiger charge is 2.13. The predicted octanol–water partition coefficient (Wildman–Crippen LogP) is 2.88. The summed E-state index contributed by atoms with van der Waals surface area (Å²) in [7, 11) is 0. The number of carboxylic acid groups (broad SMARTS) is 1. The number of carboxylic acids is 1. The summed E-state index contributed by atoms with van der Waals surface area (Å²) in [5.74, 6) is 0.330. The Labute approximate surface area is 158 Å². The Balaban J connectivity index is 2.38. The van der Waals surface area contributed by atoms with Gasteiger partial charge in [-0.15, -0.1) is 23.2 Å². The summed E-state index contributed by atoms with van der Waals surface area (Å²) in [6.07, 6.45) is 2.78. The van der Waals surface area contributed by atoms with Crippen molar-refractivity contribution in [1.29, 1.82) is 0 Å². The highest BCUT2D eigenvalue weighted by atomic mass is 35.5. The summed E-state index contributed by atoms with van der Waals surface area (Å²) >= 11 is 11.7. The van der Waals surface area contributed by atoms with Gasteiger partial charge in [0.15, 0.2) is 0 Å². The van der Waals surface area contributed by atoms with Gasteiger partial charge in [-0.2, -0.15) is 0 Å². The zero-order valence-corrected chi connectivity index (χ0v) is 15.7. The number of hydrogen-bond acceptors (Lipinski definition) is 3. The molecule has 0 saturated heterocycles. The molecule has 1 aromatic carbocycles. The fraction of sp³-hybridized carbons (Fsp3) is 0.556. The summed E-state index contributed by atoms with van der Waals surface area (Å²) in [5.41, 5.74) is 7.73. The minimum Gasteiger partial charge on any atom is -0.480 e. The molecule has 0 saturated carbocycles. The van der Waals surface area contributed by atoms with E-state index >= 15 is 0 Å². The minimum absolute atomic E-state index is 0.116. The van der Waals surface area contributed by atoms with Crippen LogP contribution in [-0.2, 0) is 16.0 Å². The zero-order valence-electron chi connectivity index (χ0n) is 14.2. The minimum atomic E-state index is -1.09. The average Bonchev–Trinajstić information content (AvgIpc) is 2.60. The lowest BCUT2D eigenvalue weighted by molar-refractivity contribution is -0.138. The van der Waals surface area contributed by atoms with Crippen LogP contribution in [-0.4, -0.2) is 41.3 Å². The Hall–Kier alpha value is -1.30. The second kappa shape index (κ2) is 12.1. The first-order chi connectivity index (χ1) is 12.0. The molecule has 0 aliphatic carbocycles. The Bertz CT molecular complexity index is 532. The third kappa shape index (κ3) is 8.56. The first kappa shape index (κ1) is 21.7. The Kier molecular flexibility index (Phi) is 10.5. The van der Waals surface area contributed by atoms with Crippen LogP contribution < -0.4 is 11.1 Å². The van der Waals surface area contributed by atoms with E-state index < -0.39 is 12.0 Å². The molecule has 1 rings (SSSR count). The summed E-state index contributed by atoms with van der Waals surface area (Å²) in [6, 6.07) is 7.29. The van der Waals surface area contributed by atoms with E-state index in [1.807, 2.05) is 0 Å². The lowest BCUT2D eigenvalue weighted by Gasteiger charge is -2.15. The normalized spacial score (nSPS) is 12.2. The van der Waals surface area contributed by atoms with Gasteiger partial charge in [-0.3, -0.25) is 9.59 Å². The van der Waals surface area contributed by atoms with Crippen LogP contribution in [0, 0.1) is 0 Å². The lowest BCUT2D eigenvalue weighted by Crippen LogP contribution is -2.33. The lowest BCUT2D eigenvalue weighted by atomic mass is 9.93. The molecule has 0 spiro atoms. The zero-order chi connectivity index (χ0) is 18.7. The molecule has 25 heavy (non-hydrogen) atoms. The van der Waals surface area contributed by atoms with Crippen molar-refractivity contribution < 1.29 is 14.7 Å². The van der Waals surface area contributed by atoms with Gasteiger partial charge in [-0.1, -0.05) is 24.3 Å². The Morgan fingerprint density at radius 1 is 1.08 bits per heavy atom. The Morgan fingerprint density at radius 2 is 1.68 bits per heavy atom. The number of amides is 1. The molecule has 0 radical (unpaired) electrons. The molecular formula is C18H26Cl2N2O3. The van der Waals surface area contributed by atoms with Gasteiger partial charge < -0.3 is 16.2 Å². The van der Waals surface area contributed by atoms with Crippen molar-refractivity contribution >= 4 is 35.1 Å². The molecule has 0 unspecified atom stereocenters. The second-order valence-electron chi connectivity index (χ2n) is 5.98. The van der Waals surface area contributed by atoms with Gasteiger partial charge in [0.2, 0.25) is 5.91 Å². The van der Waals surface area contributed by atoms with Crippen LogP contribution in [0.1, 0.15) is 42.7 Å². The van der Waals surface area contributed by atoms with Crippen LogP contribution in [0.5, 0.6) is 0 Å². The van der Waals surface area contributed by atoms with E-state index in [1.165, 1.54) is 5.56 Å². The van der Waals surface area contributed by atoms with Gasteiger partial charge in [0, 0.05) is 24.7 Å². The number of nitrogens with two attached hydrogens (primary N) is 1. The van der Waals surface area contributed by atoms with Gasteiger partial charge >= 0.3 is 5.97 Å². The van der Waals surface area contributed by atoms with E-state index in [4.69, 9.17) is 34.0 Å². The molecule has 0 heterocycles. The summed E-state index contributed by atoms with van der Waals surface area (Å²) in [5, 5.41) is 11.5. The van der Waals surface area contributed by atoms with E-state index in [0.29, 0.717) is 30.6 Å². The van der Waals surface area contributed by atoms with E-state index in [0.717, 1.165) is 18.4 Å². The SMILES string of the molecule is N[C@@H](CCC(=O)NCCc1ccc(C(CCCl)CCCl)cc1)C(=O)O. The van der Waals surface area contributed by atoms with Crippen molar-refractivity contribution in [1.82, 2.24) is 5.32 Å². The molecule has 0 aromatic heterocycles. The van der Waals surface area contributed by atoms with Crippen LogP contribution in [0.2, 0.25) is 0 Å². The van der Waals surface area contributed by atoms with Crippen molar-refractivity contribution in [3.05, 3.63) is 35.4 Å². The van der Waals surface area contributed by atoms with E-state index in [2.05, 4.69) is 29.6 Å². The van der Waals surface area contributed by atoms with Gasteiger partial charge in [-0.25, -0.2) is 0 Å². The second-order valence-corrected chi connectivity index (χ2v) is 6.73. The molecule has 140 valence electrons. The molecule has 4 N–H and O–H groups in total. The summed E-state index contributed by atoms with van der Waals surface area (Å²) in [4.78, 5) is 22.3. The first-order valence-corrected chi connectivity index (χ1v) is 9.50. The fourth-order valence-electron chi connectivity index (χ4n) is 2.54. The molecule has 0 aliphatic rings. The van der Waals surface area contributed by atoms with Crippen molar-refractivity contribution in [2.45, 2.75) is 44.1 Å². The predicted molar refractivity (Wildman–Crippen MR) is 101 cm³/mol. The van der Waals surface area contributed by atoms with Crippen molar-refractivity contribution in [2.75, 3.05) is 18.3 Å². The molecule has 5 nitrogen and oxygen atoms in total. The average molecular weight is 389 g/mol. The highest BCUT2D eigenvalue weighted by molar-refractivity contribution is 6.18. The standard InChI is InChI=1S/C18H26Cl2N2O3/c19-10-7-15(8-11-20)14-3-1-13(2-4-14)9-12-22-17(23)6-5-16(21)18(24)25/h1-4,15-16H,5-12,21H2,(H,22,23)(H,24,25)/t16-/m0/s1. The maximum atomic E-state index is 11.7. The number of rotatable bonds is 12. The van der Waals surface area contributed by atoms with Gasteiger partial charge in [0.25, 0.3) is 0 Å². The van der Waals surface area contributed by atoms with Crippen molar-refractivity contribution in [3.8, 4) is 0 Å². The number of halogens is 2. The molecular weight excluding hydrogens is 363 g/mol. The smallest absolute Gasteiger partial charge is 0.320 e. The van der Waals surface area contributed by atoms with Crippen LogP contribution >= 0.6 is 23.2 Å². The quantitative estimate of drug-likeness (QED) is 0.480. The van der Waals surface area contributed by atoms with E-state index in [1.54, 1.807) is 0 Å². The third-order valence-corrected chi connectivity index (χ3v) is 4.54. The van der Waals surface area contributed by atoms with Crippen LogP contribution in [0.15, 0.2) is 24.3 Å². The van der Waals surface area contributed by atoms with Gasteiger partial charge in [-0.05, 0) is 42.7 Å². The largest absolute Gasteiger partial charge is 0.480 e. The van der Waals surface area contributed by atoms with Crippen LogP contribution in [0.4, 0.5) is 0 Å². The topological polar surface area (TPSA) is 92.4 Å². The van der Waals surface area contributed by atoms with Crippen molar-refractivity contribution in [2.24, 2.45) is 5.73 Å². The number of carbonyl (C=O) groups excluding carboxylic acids is 1. The molecule has 1 atom stereocenters. The molecule has 0 fully saturated rings. The third-order valence-electron chi connectivity index (χ3n) is 4.10. The Morgan fingerprint density at radius 3 is 2.20 bits per heavy atom. The molecule has 0 bridgehead atoms. The van der Waals surface area contributed by atoms with Gasteiger partial charge in [0.1, 0.15) is 6.04 Å². The van der Waals surface area contributed by atoms with Crippen LogP contribution in [0.25, 0.3) is 0 Å². The first-order valence-electron chi connectivity index (χ1n) is 8.43. The maximum Gasteiger partial charge on any atom is 0.320 e. The maximum absolute atomic E-state index is 11.7. The number of nitrogens with one attached hydrogen (secondary N) is 1. The van der Waals surface area contributed by atoms with E-state index in [-0.39, 0.29) is 18.7 Å². The highest BCUT2D eigenvalue weighted by Crippen LogP contribution is 2.25. The van der Waals surface area contributed by atoms with Gasteiger partial charge in [0.05, 0.1) is 0 Å². The van der Waals surface area contributed by atoms with E-state index in [9.17, 15) is 9.59 Å². The summed E-state index contributed by atoms with van der Waals surface area (Å²) < 4.78 is 0. The molecule has 1 amide bonds. The summed E-state index contributed by atoms with van der Waals surface area (Å²) in [6.45, 7) is 0.507. The fourth-order valence-corrected chi connectivity index (χ4v) is 3.07. The number of benzene rings is 1. The van der Waals surface area contributed by atoms with Crippen molar-refractivity contribution in [3.63, 3.8) is 0 Å². The molecule has 0 aliphatic heterocycles.